The Morgan fingerprint density at radius 2 is 1.21 bits per heavy atom. The van der Waals surface area contributed by atoms with Crippen molar-refractivity contribution in [3.05, 3.63) is 101 Å². The topological polar surface area (TPSA) is 37.4 Å². The summed E-state index contributed by atoms with van der Waals surface area (Å²) in [5.74, 6) is -0.861. The number of imide groups is 1. The first-order valence-corrected chi connectivity index (χ1v) is 9.63. The standard InChI is InChI=1S/C25H21NO2/c1-16-13-14-20(17(2)15-16)26-23(27)21-22(24(26)28)25(21,18-9-5-3-6-10-18)19-11-7-4-8-12-19/h3-15,21-22H,1-2H3/t21-,22-/m1/s1. The van der Waals surface area contributed by atoms with Gasteiger partial charge in [0.25, 0.3) is 0 Å². The summed E-state index contributed by atoms with van der Waals surface area (Å²) in [6.07, 6.45) is 0. The molecule has 138 valence electrons. The maximum absolute atomic E-state index is 13.5. The lowest BCUT2D eigenvalue weighted by Gasteiger charge is -2.27. The van der Waals surface area contributed by atoms with E-state index in [9.17, 15) is 9.59 Å². The summed E-state index contributed by atoms with van der Waals surface area (Å²) in [6, 6.07) is 25.8. The number of nitrogens with zero attached hydrogens (tertiary/aromatic N) is 1. The lowest BCUT2D eigenvalue weighted by Crippen LogP contribution is -2.39. The van der Waals surface area contributed by atoms with Gasteiger partial charge in [0, 0.05) is 5.41 Å². The Morgan fingerprint density at radius 1 is 0.714 bits per heavy atom. The summed E-state index contributed by atoms with van der Waals surface area (Å²) in [4.78, 5) is 28.3. The van der Waals surface area contributed by atoms with Gasteiger partial charge in [0.2, 0.25) is 11.8 Å². The number of anilines is 1. The van der Waals surface area contributed by atoms with Crippen LogP contribution < -0.4 is 4.90 Å². The van der Waals surface area contributed by atoms with Gasteiger partial charge in [-0.3, -0.25) is 9.59 Å². The summed E-state index contributed by atoms with van der Waals surface area (Å²) in [6.45, 7) is 3.96. The van der Waals surface area contributed by atoms with E-state index in [2.05, 4.69) is 0 Å². The number of carbonyl (C=O) groups is 2. The molecule has 1 heterocycles. The zero-order chi connectivity index (χ0) is 19.5. The highest BCUT2D eigenvalue weighted by Crippen LogP contribution is 2.68. The van der Waals surface area contributed by atoms with Gasteiger partial charge in [-0.2, -0.15) is 0 Å². The second-order valence-electron chi connectivity index (χ2n) is 7.86. The van der Waals surface area contributed by atoms with Gasteiger partial charge in [-0.1, -0.05) is 78.4 Å². The number of carbonyl (C=O) groups excluding carboxylic acids is 2. The highest BCUT2D eigenvalue weighted by atomic mass is 16.2. The molecular weight excluding hydrogens is 346 g/mol. The van der Waals surface area contributed by atoms with Gasteiger partial charge >= 0.3 is 0 Å². The number of fused-ring (bicyclic) bond motifs is 1. The number of piperidine rings is 1. The first-order chi connectivity index (χ1) is 13.6. The molecule has 5 rings (SSSR count). The molecule has 0 bridgehead atoms. The molecular formula is C25H21NO2. The van der Waals surface area contributed by atoms with Gasteiger partial charge < -0.3 is 0 Å². The largest absolute Gasteiger partial charge is 0.274 e. The Labute approximate surface area is 164 Å². The third-order valence-electron chi connectivity index (χ3n) is 6.27. The smallest absolute Gasteiger partial charge is 0.239 e. The predicted octanol–water partition coefficient (Wildman–Crippen LogP) is 4.41. The first kappa shape index (κ1) is 16.9. The van der Waals surface area contributed by atoms with Crippen LogP contribution in [0.5, 0.6) is 0 Å². The predicted molar refractivity (Wildman–Crippen MR) is 109 cm³/mol. The fraction of sp³-hybridized carbons (Fsp3) is 0.200. The summed E-state index contributed by atoms with van der Waals surface area (Å²) in [5, 5.41) is 0. The zero-order valence-corrected chi connectivity index (χ0v) is 15.9. The molecule has 2 aliphatic rings. The second kappa shape index (κ2) is 5.90. The van der Waals surface area contributed by atoms with E-state index in [1.54, 1.807) is 0 Å². The van der Waals surface area contributed by atoms with Crippen LogP contribution in [0, 0.1) is 25.7 Å². The van der Waals surface area contributed by atoms with Gasteiger partial charge in [-0.05, 0) is 36.6 Å². The van der Waals surface area contributed by atoms with Gasteiger partial charge in [0.05, 0.1) is 17.5 Å². The van der Waals surface area contributed by atoms with E-state index >= 15 is 0 Å². The fourth-order valence-corrected chi connectivity index (χ4v) is 5.06. The summed E-state index contributed by atoms with van der Waals surface area (Å²) in [5.41, 5.74) is 4.31. The molecule has 3 heteroatoms. The zero-order valence-electron chi connectivity index (χ0n) is 15.9. The molecule has 0 N–H and O–H groups in total. The SMILES string of the molecule is Cc1ccc(N2C(=O)[C@H]3[C@H](C2=O)C3(c2ccccc2)c2ccccc2)c(C)c1. The highest BCUT2D eigenvalue weighted by molar-refractivity contribution is 6.27. The molecule has 1 aliphatic carbocycles. The number of hydrogen-bond donors (Lipinski definition) is 0. The molecule has 3 aromatic rings. The molecule has 2 atom stereocenters. The van der Waals surface area contributed by atoms with Crippen LogP contribution in [0.2, 0.25) is 0 Å². The number of hydrogen-bond acceptors (Lipinski definition) is 2. The van der Waals surface area contributed by atoms with Crippen molar-refractivity contribution in [3.63, 3.8) is 0 Å². The Morgan fingerprint density at radius 3 is 1.68 bits per heavy atom. The Hall–Kier alpha value is -3.20. The van der Waals surface area contributed by atoms with Crippen LogP contribution in [0.3, 0.4) is 0 Å². The van der Waals surface area contributed by atoms with Crippen molar-refractivity contribution in [1.29, 1.82) is 0 Å². The van der Waals surface area contributed by atoms with Crippen molar-refractivity contribution in [1.82, 2.24) is 0 Å². The summed E-state index contributed by atoms with van der Waals surface area (Å²) < 4.78 is 0. The van der Waals surface area contributed by atoms with E-state index in [0.717, 1.165) is 22.3 Å². The maximum atomic E-state index is 13.5. The van der Waals surface area contributed by atoms with Crippen molar-refractivity contribution < 1.29 is 9.59 Å². The summed E-state index contributed by atoms with van der Waals surface area (Å²) in [7, 11) is 0. The quantitative estimate of drug-likeness (QED) is 0.643. The molecule has 3 aromatic carbocycles. The monoisotopic (exact) mass is 367 g/mol. The minimum atomic E-state index is -0.550. The third-order valence-corrected chi connectivity index (χ3v) is 6.27. The molecule has 3 nitrogen and oxygen atoms in total. The number of amides is 2. The normalized spacial score (nSPS) is 22.3. The van der Waals surface area contributed by atoms with Crippen LogP contribution >= 0.6 is 0 Å². The molecule has 28 heavy (non-hydrogen) atoms. The van der Waals surface area contributed by atoms with Crippen molar-refractivity contribution in [2.75, 3.05) is 4.90 Å². The molecule has 0 aromatic heterocycles. The van der Waals surface area contributed by atoms with E-state index in [1.165, 1.54) is 4.90 Å². The molecule has 0 unspecified atom stereocenters. The Kier molecular flexibility index (Phi) is 3.57. The minimum Gasteiger partial charge on any atom is -0.274 e. The Bertz CT molecular complexity index is 1020. The second-order valence-corrected chi connectivity index (χ2v) is 7.86. The van der Waals surface area contributed by atoms with Crippen molar-refractivity contribution >= 4 is 17.5 Å². The first-order valence-electron chi connectivity index (χ1n) is 9.63. The van der Waals surface area contributed by atoms with Crippen LogP contribution in [0.1, 0.15) is 22.3 Å². The van der Waals surface area contributed by atoms with E-state index in [1.807, 2.05) is 92.7 Å². The Balaban J connectivity index is 1.62. The van der Waals surface area contributed by atoms with Crippen LogP contribution in [0.25, 0.3) is 0 Å². The molecule has 1 aliphatic heterocycles. The maximum Gasteiger partial charge on any atom is 0.239 e. The molecule has 2 fully saturated rings. The minimum absolute atomic E-state index is 0.0883. The number of benzene rings is 3. The number of rotatable bonds is 3. The van der Waals surface area contributed by atoms with Gasteiger partial charge in [-0.15, -0.1) is 0 Å². The van der Waals surface area contributed by atoms with E-state index < -0.39 is 5.41 Å². The highest BCUT2D eigenvalue weighted by Gasteiger charge is 2.78. The average Bonchev–Trinajstić information content (AvgIpc) is 3.35. The van der Waals surface area contributed by atoms with Crippen LogP contribution in [-0.4, -0.2) is 11.8 Å². The molecule has 2 amide bonds. The van der Waals surface area contributed by atoms with Crippen LogP contribution in [0.4, 0.5) is 5.69 Å². The lowest BCUT2D eigenvalue weighted by atomic mass is 9.82. The van der Waals surface area contributed by atoms with Gasteiger partial charge in [0.1, 0.15) is 0 Å². The van der Waals surface area contributed by atoms with Crippen LogP contribution in [-0.2, 0) is 15.0 Å². The molecule has 0 spiro atoms. The fourth-order valence-electron chi connectivity index (χ4n) is 5.06. The lowest BCUT2D eigenvalue weighted by molar-refractivity contribution is -0.124. The number of aryl methyl sites for hydroxylation is 2. The van der Waals surface area contributed by atoms with Crippen molar-refractivity contribution in [3.8, 4) is 0 Å². The van der Waals surface area contributed by atoms with Gasteiger partial charge in [0.15, 0.2) is 0 Å². The molecule has 0 radical (unpaired) electrons. The molecule has 1 saturated carbocycles. The summed E-state index contributed by atoms with van der Waals surface area (Å²) >= 11 is 0. The van der Waals surface area contributed by atoms with E-state index in [0.29, 0.717) is 5.69 Å². The van der Waals surface area contributed by atoms with Crippen LogP contribution in [0.15, 0.2) is 78.9 Å². The van der Waals surface area contributed by atoms with Crippen molar-refractivity contribution in [2.24, 2.45) is 11.8 Å². The third kappa shape index (κ3) is 2.10. The molecule has 1 saturated heterocycles. The average molecular weight is 367 g/mol. The van der Waals surface area contributed by atoms with Crippen molar-refractivity contribution in [2.45, 2.75) is 19.3 Å². The van der Waals surface area contributed by atoms with E-state index in [4.69, 9.17) is 0 Å². The van der Waals surface area contributed by atoms with E-state index in [-0.39, 0.29) is 23.7 Å². The van der Waals surface area contributed by atoms with Gasteiger partial charge in [-0.25, -0.2) is 4.90 Å².